The zero-order valence-corrected chi connectivity index (χ0v) is 17.7. The predicted molar refractivity (Wildman–Crippen MR) is 117 cm³/mol. The van der Waals surface area contributed by atoms with E-state index in [9.17, 15) is 9.59 Å². The Morgan fingerprint density at radius 3 is 2.94 bits per heavy atom. The summed E-state index contributed by atoms with van der Waals surface area (Å²) in [5, 5.41) is 13.2. The SMILES string of the molecule is CNC(=O)c1nnc(-c2cccc(N3C[C@@H]4CCCN4c4nc(NC)ncc4C3=O)c2)o1. The second-order valence-corrected chi connectivity index (χ2v) is 7.63. The first-order chi connectivity index (χ1) is 15.6. The highest BCUT2D eigenvalue weighted by Crippen LogP contribution is 2.35. The Bertz CT molecular complexity index is 1190. The zero-order valence-electron chi connectivity index (χ0n) is 17.7. The fraction of sp³-hybridized carbons (Fsp3) is 0.333. The van der Waals surface area contributed by atoms with Crippen molar-refractivity contribution in [2.24, 2.45) is 0 Å². The summed E-state index contributed by atoms with van der Waals surface area (Å²) in [5.74, 6) is 0.625. The van der Waals surface area contributed by atoms with Gasteiger partial charge in [-0.1, -0.05) is 6.07 Å². The van der Waals surface area contributed by atoms with Crippen LogP contribution in [0.5, 0.6) is 0 Å². The highest BCUT2D eigenvalue weighted by Gasteiger charge is 2.37. The van der Waals surface area contributed by atoms with Gasteiger partial charge in [0.05, 0.1) is 0 Å². The monoisotopic (exact) mass is 434 g/mol. The number of nitrogens with zero attached hydrogens (tertiary/aromatic N) is 6. The van der Waals surface area contributed by atoms with E-state index >= 15 is 0 Å². The first-order valence-electron chi connectivity index (χ1n) is 10.4. The summed E-state index contributed by atoms with van der Waals surface area (Å²) in [6, 6.07) is 7.45. The minimum atomic E-state index is -0.457. The largest absolute Gasteiger partial charge is 0.412 e. The van der Waals surface area contributed by atoms with Gasteiger partial charge in [-0.25, -0.2) is 4.98 Å². The molecule has 2 aromatic heterocycles. The molecule has 5 rings (SSSR count). The summed E-state index contributed by atoms with van der Waals surface area (Å²) >= 11 is 0. The first-order valence-corrected chi connectivity index (χ1v) is 10.4. The molecule has 11 nitrogen and oxygen atoms in total. The Balaban J connectivity index is 1.53. The molecule has 1 aromatic carbocycles. The number of anilines is 3. The minimum Gasteiger partial charge on any atom is -0.412 e. The number of hydrogen-bond acceptors (Lipinski definition) is 9. The average Bonchev–Trinajstić information content (AvgIpc) is 3.49. The van der Waals surface area contributed by atoms with Crippen LogP contribution in [-0.4, -0.2) is 65.2 Å². The summed E-state index contributed by atoms with van der Waals surface area (Å²) < 4.78 is 5.49. The summed E-state index contributed by atoms with van der Waals surface area (Å²) in [5.41, 5.74) is 1.79. The molecule has 0 aliphatic carbocycles. The molecule has 0 bridgehead atoms. The number of aromatic nitrogens is 4. The van der Waals surface area contributed by atoms with Crippen molar-refractivity contribution in [3.8, 4) is 11.5 Å². The molecule has 1 fully saturated rings. The van der Waals surface area contributed by atoms with Crippen LogP contribution >= 0.6 is 0 Å². The number of rotatable bonds is 4. The fourth-order valence-electron chi connectivity index (χ4n) is 4.17. The van der Waals surface area contributed by atoms with Gasteiger partial charge in [0.2, 0.25) is 11.8 Å². The van der Waals surface area contributed by atoms with Gasteiger partial charge in [-0.2, -0.15) is 4.98 Å². The van der Waals surface area contributed by atoms with Gasteiger partial charge in [0, 0.05) is 50.7 Å². The van der Waals surface area contributed by atoms with Crippen LogP contribution in [-0.2, 0) is 0 Å². The number of nitrogens with one attached hydrogen (secondary N) is 2. The van der Waals surface area contributed by atoms with Gasteiger partial charge in [-0.15, -0.1) is 10.2 Å². The lowest BCUT2D eigenvalue weighted by Gasteiger charge is -2.27. The van der Waals surface area contributed by atoms with Crippen molar-refractivity contribution in [3.63, 3.8) is 0 Å². The Morgan fingerprint density at radius 1 is 1.25 bits per heavy atom. The van der Waals surface area contributed by atoms with E-state index in [4.69, 9.17) is 4.42 Å². The van der Waals surface area contributed by atoms with Crippen molar-refractivity contribution in [1.82, 2.24) is 25.5 Å². The molecule has 164 valence electrons. The lowest BCUT2D eigenvalue weighted by molar-refractivity contribution is 0.0928. The third-order valence-corrected chi connectivity index (χ3v) is 5.76. The standard InChI is InChI=1S/C21H22N8O3/c1-22-17(30)19-27-26-18(32-19)12-5-3-6-13(9-12)29-11-14-7-4-8-28(14)16-15(20(29)31)10-24-21(23-2)25-16/h3,5-6,9-10,14H,4,7-8,11H2,1-2H3,(H,22,30)(H,23,24,25)/t14-/m0/s1. The molecule has 0 unspecified atom stereocenters. The van der Waals surface area contributed by atoms with Crippen LogP contribution in [0.25, 0.3) is 11.5 Å². The molecule has 2 N–H and O–H groups in total. The van der Waals surface area contributed by atoms with Crippen LogP contribution < -0.4 is 20.4 Å². The Hall–Kier alpha value is -4.02. The molecule has 3 aromatic rings. The van der Waals surface area contributed by atoms with Crippen LogP contribution in [0.1, 0.15) is 33.9 Å². The number of hydrogen-bond donors (Lipinski definition) is 2. The number of fused-ring (bicyclic) bond motifs is 3. The van der Waals surface area contributed by atoms with Gasteiger partial charge in [0.15, 0.2) is 0 Å². The third-order valence-electron chi connectivity index (χ3n) is 5.76. The molecule has 1 saturated heterocycles. The van der Waals surface area contributed by atoms with E-state index in [1.807, 2.05) is 18.2 Å². The van der Waals surface area contributed by atoms with Crippen LogP contribution in [0, 0.1) is 0 Å². The van der Waals surface area contributed by atoms with Crippen LogP contribution in [0.15, 0.2) is 34.9 Å². The first kappa shape index (κ1) is 19.9. The molecule has 0 spiro atoms. The van der Waals surface area contributed by atoms with Gasteiger partial charge in [0.25, 0.3) is 5.91 Å². The van der Waals surface area contributed by atoms with E-state index in [1.54, 1.807) is 24.2 Å². The molecular formula is C21H22N8O3. The van der Waals surface area contributed by atoms with Gasteiger partial charge in [0.1, 0.15) is 11.4 Å². The molecule has 32 heavy (non-hydrogen) atoms. The van der Waals surface area contributed by atoms with Crippen molar-refractivity contribution >= 4 is 29.3 Å². The van der Waals surface area contributed by atoms with E-state index in [0.29, 0.717) is 35.1 Å². The molecular weight excluding hydrogens is 412 g/mol. The molecule has 0 radical (unpaired) electrons. The fourth-order valence-corrected chi connectivity index (χ4v) is 4.17. The molecule has 2 aliphatic heterocycles. The Kier molecular flexibility index (Phi) is 4.92. The summed E-state index contributed by atoms with van der Waals surface area (Å²) in [4.78, 5) is 38.1. The van der Waals surface area contributed by atoms with E-state index in [-0.39, 0.29) is 23.7 Å². The smallest absolute Gasteiger partial charge is 0.308 e. The van der Waals surface area contributed by atoms with Crippen molar-refractivity contribution in [3.05, 3.63) is 41.9 Å². The van der Waals surface area contributed by atoms with E-state index in [0.717, 1.165) is 19.4 Å². The Labute approximate surface area is 183 Å². The lowest BCUT2D eigenvalue weighted by Crippen LogP contribution is -2.39. The summed E-state index contributed by atoms with van der Waals surface area (Å²) in [6.07, 6.45) is 3.60. The average molecular weight is 434 g/mol. The van der Waals surface area contributed by atoms with Gasteiger partial charge >= 0.3 is 11.8 Å². The van der Waals surface area contributed by atoms with Gasteiger partial charge in [-0.05, 0) is 31.0 Å². The second kappa shape index (κ2) is 7.91. The molecule has 1 atom stereocenters. The van der Waals surface area contributed by atoms with E-state index < -0.39 is 5.91 Å². The maximum Gasteiger partial charge on any atom is 0.308 e. The van der Waals surface area contributed by atoms with Crippen molar-refractivity contribution in [2.75, 3.05) is 42.3 Å². The zero-order chi connectivity index (χ0) is 22.2. The highest BCUT2D eigenvalue weighted by atomic mass is 16.4. The topological polar surface area (TPSA) is 129 Å². The van der Waals surface area contributed by atoms with Gasteiger partial charge < -0.3 is 24.9 Å². The molecule has 2 amide bonds. The maximum absolute atomic E-state index is 13.5. The number of benzene rings is 1. The van der Waals surface area contributed by atoms with Crippen LogP contribution in [0.2, 0.25) is 0 Å². The Morgan fingerprint density at radius 2 is 2.12 bits per heavy atom. The van der Waals surface area contributed by atoms with Crippen molar-refractivity contribution in [1.29, 1.82) is 0 Å². The number of amides is 2. The van der Waals surface area contributed by atoms with Crippen LogP contribution in [0.4, 0.5) is 17.5 Å². The summed E-state index contributed by atoms with van der Waals surface area (Å²) in [6.45, 7) is 1.38. The number of carbonyl (C=O) groups is 2. The van der Waals surface area contributed by atoms with Crippen molar-refractivity contribution in [2.45, 2.75) is 18.9 Å². The third kappa shape index (κ3) is 3.31. The normalized spacial score (nSPS) is 17.6. The number of carbonyl (C=O) groups excluding carboxylic acids is 2. The quantitative estimate of drug-likeness (QED) is 0.628. The second-order valence-electron chi connectivity index (χ2n) is 7.63. The predicted octanol–water partition coefficient (Wildman–Crippen LogP) is 1.56. The van der Waals surface area contributed by atoms with E-state index in [1.165, 1.54) is 7.05 Å². The van der Waals surface area contributed by atoms with Crippen LogP contribution in [0.3, 0.4) is 0 Å². The minimum absolute atomic E-state index is 0.119. The molecule has 4 heterocycles. The molecule has 11 heteroatoms. The van der Waals surface area contributed by atoms with E-state index in [2.05, 4.69) is 35.7 Å². The summed E-state index contributed by atoms with van der Waals surface area (Å²) in [7, 11) is 3.25. The molecule has 2 aliphatic rings. The molecule has 0 saturated carbocycles. The highest BCUT2D eigenvalue weighted by molar-refractivity contribution is 6.10. The van der Waals surface area contributed by atoms with Gasteiger partial charge in [-0.3, -0.25) is 9.59 Å². The van der Waals surface area contributed by atoms with Crippen molar-refractivity contribution < 1.29 is 14.0 Å². The lowest BCUT2D eigenvalue weighted by atomic mass is 10.1. The maximum atomic E-state index is 13.5.